The molecule has 0 aliphatic heterocycles. The fraction of sp³-hybridized carbons (Fsp3) is 0.417. The van der Waals surface area contributed by atoms with E-state index >= 15 is 0 Å². The summed E-state index contributed by atoms with van der Waals surface area (Å²) in [6.45, 7) is 1.90. The monoisotopic (exact) mass is 506 g/mol. The number of halogens is 2. The third-order valence-electron chi connectivity index (χ3n) is 5.56. The number of nitrogens with one attached hydrogen (secondary N) is 1. The van der Waals surface area contributed by atoms with Crippen LogP contribution in [0.25, 0.3) is 0 Å². The Morgan fingerprint density at radius 3 is 2.55 bits per heavy atom. The molecule has 0 bridgehead atoms. The van der Waals surface area contributed by atoms with E-state index in [9.17, 15) is 9.59 Å². The average Bonchev–Trinajstić information content (AvgIpc) is 2.77. The highest BCUT2D eigenvalue weighted by Gasteiger charge is 2.28. The van der Waals surface area contributed by atoms with Gasteiger partial charge >= 0.3 is 0 Å². The standard InChI is InChI=1S/C24H28BrClN2O3/c1-17(24(30)27-20-10-6-3-7-11-20)28(15-18-8-4-2-5-9-18)23(29)16-31-22-13-12-19(25)14-21(22)26/h2,4-5,8-9,12-14,17,20H,3,6-7,10-11,15-16H2,1H3,(H,27,30)/t17-/m1/s1. The Hall–Kier alpha value is -2.05. The van der Waals surface area contributed by atoms with Crippen LogP contribution in [0.2, 0.25) is 5.02 Å². The van der Waals surface area contributed by atoms with Crippen molar-refractivity contribution in [1.29, 1.82) is 0 Å². The minimum absolute atomic E-state index is 0.127. The van der Waals surface area contributed by atoms with Gasteiger partial charge in [-0.25, -0.2) is 0 Å². The minimum atomic E-state index is -0.612. The first-order chi connectivity index (χ1) is 14.9. The van der Waals surface area contributed by atoms with E-state index in [0.29, 0.717) is 17.3 Å². The lowest BCUT2D eigenvalue weighted by Crippen LogP contribution is -2.51. The number of carbonyl (C=O) groups excluding carboxylic acids is 2. The summed E-state index contributed by atoms with van der Waals surface area (Å²) in [5, 5.41) is 3.55. The summed E-state index contributed by atoms with van der Waals surface area (Å²) in [5.41, 5.74) is 0.954. The topological polar surface area (TPSA) is 58.6 Å². The van der Waals surface area contributed by atoms with Crippen molar-refractivity contribution in [1.82, 2.24) is 10.2 Å². The minimum Gasteiger partial charge on any atom is -0.482 e. The molecule has 0 aromatic heterocycles. The summed E-state index contributed by atoms with van der Waals surface area (Å²) in [6.07, 6.45) is 5.48. The van der Waals surface area contributed by atoms with Gasteiger partial charge in [-0.1, -0.05) is 77.1 Å². The second kappa shape index (κ2) is 11.5. The number of ether oxygens (including phenoxy) is 1. The number of amides is 2. The van der Waals surface area contributed by atoms with Crippen molar-refractivity contribution in [3.8, 4) is 5.75 Å². The molecule has 1 atom stereocenters. The molecule has 1 N–H and O–H groups in total. The quantitative estimate of drug-likeness (QED) is 0.524. The van der Waals surface area contributed by atoms with Crippen LogP contribution in [0.4, 0.5) is 0 Å². The van der Waals surface area contributed by atoms with Gasteiger partial charge in [0.2, 0.25) is 5.91 Å². The molecule has 0 spiro atoms. The van der Waals surface area contributed by atoms with Gasteiger partial charge in [-0.3, -0.25) is 9.59 Å². The van der Waals surface area contributed by atoms with Crippen LogP contribution in [0, 0.1) is 0 Å². The van der Waals surface area contributed by atoms with Crippen LogP contribution in [-0.4, -0.2) is 35.4 Å². The van der Waals surface area contributed by atoms with Gasteiger partial charge in [-0.05, 0) is 43.5 Å². The Morgan fingerprint density at radius 2 is 1.87 bits per heavy atom. The molecule has 1 saturated carbocycles. The largest absolute Gasteiger partial charge is 0.482 e. The van der Waals surface area contributed by atoms with Crippen molar-refractivity contribution in [3.63, 3.8) is 0 Å². The Morgan fingerprint density at radius 1 is 1.16 bits per heavy atom. The number of hydrogen-bond acceptors (Lipinski definition) is 3. The zero-order chi connectivity index (χ0) is 22.2. The van der Waals surface area contributed by atoms with Crippen molar-refractivity contribution < 1.29 is 14.3 Å². The van der Waals surface area contributed by atoms with Crippen LogP contribution >= 0.6 is 27.5 Å². The lowest BCUT2D eigenvalue weighted by molar-refractivity contribution is -0.142. The summed E-state index contributed by atoms with van der Waals surface area (Å²) in [4.78, 5) is 27.6. The van der Waals surface area contributed by atoms with Crippen molar-refractivity contribution in [2.45, 2.75) is 57.7 Å². The Balaban J connectivity index is 1.69. The molecule has 2 aromatic carbocycles. The van der Waals surface area contributed by atoms with Crippen LogP contribution in [0.3, 0.4) is 0 Å². The maximum atomic E-state index is 13.1. The van der Waals surface area contributed by atoms with Crippen molar-refractivity contribution in [3.05, 3.63) is 63.6 Å². The van der Waals surface area contributed by atoms with Gasteiger partial charge in [0.15, 0.2) is 6.61 Å². The maximum Gasteiger partial charge on any atom is 0.261 e. The van der Waals surface area contributed by atoms with E-state index in [2.05, 4.69) is 21.2 Å². The van der Waals surface area contributed by atoms with Gasteiger partial charge < -0.3 is 15.0 Å². The van der Waals surface area contributed by atoms with Crippen molar-refractivity contribution in [2.24, 2.45) is 0 Å². The first-order valence-electron chi connectivity index (χ1n) is 10.7. The molecular weight excluding hydrogens is 480 g/mol. The molecule has 0 saturated heterocycles. The van der Waals surface area contributed by atoms with E-state index in [1.54, 1.807) is 30.0 Å². The summed E-state index contributed by atoms with van der Waals surface area (Å²) < 4.78 is 6.51. The molecule has 2 amide bonds. The summed E-state index contributed by atoms with van der Waals surface area (Å²) >= 11 is 9.55. The zero-order valence-corrected chi connectivity index (χ0v) is 20.0. The fourth-order valence-corrected chi connectivity index (χ4v) is 4.47. The molecule has 0 heterocycles. The van der Waals surface area contributed by atoms with Gasteiger partial charge in [0.05, 0.1) is 5.02 Å². The van der Waals surface area contributed by atoms with E-state index < -0.39 is 6.04 Å². The first kappa shape index (κ1) is 23.6. The molecule has 31 heavy (non-hydrogen) atoms. The number of carbonyl (C=O) groups is 2. The van der Waals surface area contributed by atoms with E-state index in [0.717, 1.165) is 35.7 Å². The number of hydrogen-bond donors (Lipinski definition) is 1. The third-order valence-corrected chi connectivity index (χ3v) is 6.35. The Kier molecular flexibility index (Phi) is 8.79. The zero-order valence-electron chi connectivity index (χ0n) is 17.7. The lowest BCUT2D eigenvalue weighted by atomic mass is 9.95. The van der Waals surface area contributed by atoms with E-state index in [4.69, 9.17) is 16.3 Å². The maximum absolute atomic E-state index is 13.1. The predicted molar refractivity (Wildman–Crippen MR) is 126 cm³/mol. The summed E-state index contributed by atoms with van der Waals surface area (Å²) in [6, 6.07) is 14.4. The highest BCUT2D eigenvalue weighted by atomic mass is 79.9. The molecule has 7 heteroatoms. The predicted octanol–water partition coefficient (Wildman–Crippen LogP) is 5.35. The summed E-state index contributed by atoms with van der Waals surface area (Å²) in [5.74, 6) is 0.0316. The fourth-order valence-electron chi connectivity index (χ4n) is 3.75. The highest BCUT2D eigenvalue weighted by Crippen LogP contribution is 2.28. The van der Waals surface area contributed by atoms with Gasteiger partial charge in [0, 0.05) is 17.1 Å². The Labute approximate surface area is 197 Å². The molecule has 1 aliphatic carbocycles. The van der Waals surface area contributed by atoms with Crippen LogP contribution in [0.1, 0.15) is 44.6 Å². The van der Waals surface area contributed by atoms with Gasteiger partial charge in [-0.15, -0.1) is 0 Å². The number of benzene rings is 2. The normalized spacial score (nSPS) is 15.2. The van der Waals surface area contributed by atoms with E-state index in [-0.39, 0.29) is 24.5 Å². The summed E-state index contributed by atoms with van der Waals surface area (Å²) in [7, 11) is 0. The SMILES string of the molecule is C[C@H](C(=O)NC1CCCCC1)N(Cc1ccccc1)C(=O)COc1ccc(Br)cc1Cl. The molecule has 3 rings (SSSR count). The first-order valence-corrected chi connectivity index (χ1v) is 11.8. The van der Waals surface area contributed by atoms with Crippen LogP contribution in [0.5, 0.6) is 5.75 Å². The molecule has 5 nitrogen and oxygen atoms in total. The molecule has 2 aromatic rings. The smallest absolute Gasteiger partial charge is 0.261 e. The molecule has 166 valence electrons. The molecule has 1 aliphatic rings. The van der Waals surface area contributed by atoms with Crippen LogP contribution in [-0.2, 0) is 16.1 Å². The number of nitrogens with zero attached hydrogens (tertiary/aromatic N) is 1. The van der Waals surface area contributed by atoms with Gasteiger partial charge in [-0.2, -0.15) is 0 Å². The number of rotatable bonds is 8. The molecular formula is C24H28BrClN2O3. The Bertz CT molecular complexity index is 888. The van der Waals surface area contributed by atoms with Crippen molar-refractivity contribution >= 4 is 39.3 Å². The van der Waals surface area contributed by atoms with E-state index in [1.807, 2.05) is 30.3 Å². The van der Waals surface area contributed by atoms with Crippen LogP contribution < -0.4 is 10.1 Å². The van der Waals surface area contributed by atoms with E-state index in [1.165, 1.54) is 6.42 Å². The molecule has 1 fully saturated rings. The average molecular weight is 508 g/mol. The second-order valence-corrected chi connectivity index (χ2v) is 9.21. The lowest BCUT2D eigenvalue weighted by Gasteiger charge is -2.31. The van der Waals surface area contributed by atoms with Gasteiger partial charge in [0.1, 0.15) is 11.8 Å². The third kappa shape index (κ3) is 6.97. The van der Waals surface area contributed by atoms with Crippen molar-refractivity contribution in [2.75, 3.05) is 6.61 Å². The molecule has 0 radical (unpaired) electrons. The molecule has 0 unspecified atom stereocenters. The van der Waals surface area contributed by atoms with Crippen LogP contribution in [0.15, 0.2) is 53.0 Å². The highest BCUT2D eigenvalue weighted by molar-refractivity contribution is 9.10. The second-order valence-electron chi connectivity index (χ2n) is 7.89. The van der Waals surface area contributed by atoms with Gasteiger partial charge in [0.25, 0.3) is 5.91 Å².